The summed E-state index contributed by atoms with van der Waals surface area (Å²) < 4.78 is 12.9. The lowest BCUT2D eigenvalue weighted by Gasteiger charge is -2.28. The molecule has 1 fully saturated rings. The summed E-state index contributed by atoms with van der Waals surface area (Å²) in [4.78, 5) is 0. The summed E-state index contributed by atoms with van der Waals surface area (Å²) in [5, 5.41) is 9.24. The van der Waals surface area contributed by atoms with Gasteiger partial charge >= 0.3 is 0 Å². The molecule has 3 heteroatoms. The number of aliphatic hydroxyl groups excluding tert-OH is 1. The van der Waals surface area contributed by atoms with Crippen LogP contribution in [0.5, 0.6) is 0 Å². The fourth-order valence-corrected chi connectivity index (χ4v) is 6.04. The summed E-state index contributed by atoms with van der Waals surface area (Å²) in [6, 6.07) is 0. The first-order chi connectivity index (χ1) is 20.3. The number of hydrogen-bond acceptors (Lipinski definition) is 3. The van der Waals surface area contributed by atoms with Crippen LogP contribution in [0.15, 0.2) is 24.3 Å². The minimum absolute atomic E-state index is 0.168. The Kier molecular flexibility index (Phi) is 27.6. The predicted octanol–water partition coefficient (Wildman–Crippen LogP) is 12.2. The summed E-state index contributed by atoms with van der Waals surface area (Å²) >= 11 is 0. The first-order valence-corrected chi connectivity index (χ1v) is 18.5. The third-order valence-corrected chi connectivity index (χ3v) is 8.74. The Hall–Kier alpha value is -0.640. The van der Waals surface area contributed by atoms with Gasteiger partial charge in [-0.15, -0.1) is 0 Å². The number of ether oxygens (including phenoxy) is 2. The highest BCUT2D eigenvalue weighted by molar-refractivity contribution is 4.82. The number of hydrogen-bond donors (Lipinski definition) is 1. The molecule has 1 aliphatic heterocycles. The van der Waals surface area contributed by atoms with Crippen molar-refractivity contribution in [3.63, 3.8) is 0 Å². The Morgan fingerprint density at radius 1 is 0.537 bits per heavy atom. The summed E-state index contributed by atoms with van der Waals surface area (Å²) in [5.41, 5.74) is 0. The van der Waals surface area contributed by atoms with Gasteiger partial charge in [0, 0.05) is 19.4 Å². The molecule has 242 valence electrons. The molecule has 0 aromatic heterocycles. The average molecular weight is 577 g/mol. The van der Waals surface area contributed by atoms with Gasteiger partial charge in [-0.3, -0.25) is 0 Å². The number of unbranched alkanes of at least 4 members (excludes halogenated alkanes) is 20. The van der Waals surface area contributed by atoms with Gasteiger partial charge in [0.15, 0.2) is 5.79 Å². The summed E-state index contributed by atoms with van der Waals surface area (Å²) in [5.74, 6) is -0.357. The topological polar surface area (TPSA) is 38.7 Å². The first kappa shape index (κ1) is 38.4. The zero-order chi connectivity index (χ0) is 29.5. The van der Waals surface area contributed by atoms with E-state index < -0.39 is 0 Å². The molecule has 1 aliphatic rings. The Labute approximate surface area is 257 Å². The van der Waals surface area contributed by atoms with Crippen LogP contribution in [0.1, 0.15) is 194 Å². The highest BCUT2D eigenvalue weighted by atomic mass is 16.7. The van der Waals surface area contributed by atoms with Crippen LogP contribution in [0.3, 0.4) is 0 Å². The Bertz CT molecular complexity index is 546. The van der Waals surface area contributed by atoms with Crippen molar-refractivity contribution in [1.29, 1.82) is 0 Å². The molecule has 1 N–H and O–H groups in total. The fourth-order valence-electron chi connectivity index (χ4n) is 6.04. The van der Waals surface area contributed by atoms with Crippen LogP contribution in [0, 0.1) is 0 Å². The van der Waals surface area contributed by atoms with E-state index in [2.05, 4.69) is 38.2 Å². The van der Waals surface area contributed by atoms with E-state index in [1.165, 1.54) is 154 Å². The molecule has 0 bridgehead atoms. The molecule has 0 amide bonds. The van der Waals surface area contributed by atoms with Gasteiger partial charge in [0.2, 0.25) is 0 Å². The van der Waals surface area contributed by atoms with Gasteiger partial charge in [-0.2, -0.15) is 0 Å². The Balaban J connectivity index is 2.12. The molecule has 0 aromatic carbocycles. The normalized spacial score (nSPS) is 17.0. The molecule has 0 radical (unpaired) electrons. The lowest BCUT2D eigenvalue weighted by atomic mass is 9.98. The van der Waals surface area contributed by atoms with Crippen molar-refractivity contribution in [2.45, 2.75) is 206 Å². The minimum atomic E-state index is -0.357. The van der Waals surface area contributed by atoms with Crippen LogP contribution in [-0.4, -0.2) is 30.2 Å². The Morgan fingerprint density at radius 2 is 0.927 bits per heavy atom. The molecule has 3 nitrogen and oxygen atoms in total. The van der Waals surface area contributed by atoms with Gasteiger partial charge in [0.25, 0.3) is 0 Å². The smallest absolute Gasteiger partial charge is 0.168 e. The molecule has 1 rings (SSSR count). The van der Waals surface area contributed by atoms with Crippen molar-refractivity contribution in [1.82, 2.24) is 0 Å². The maximum atomic E-state index is 9.24. The first-order valence-electron chi connectivity index (χ1n) is 18.5. The van der Waals surface area contributed by atoms with E-state index in [1.807, 2.05) is 0 Å². The lowest BCUT2D eigenvalue weighted by molar-refractivity contribution is -0.180. The van der Waals surface area contributed by atoms with E-state index in [-0.39, 0.29) is 18.5 Å². The zero-order valence-corrected chi connectivity index (χ0v) is 27.9. The zero-order valence-electron chi connectivity index (χ0n) is 27.9. The van der Waals surface area contributed by atoms with Crippen LogP contribution in [0.4, 0.5) is 0 Å². The minimum Gasteiger partial charge on any atom is -0.396 e. The quantitative estimate of drug-likeness (QED) is 0.0659. The van der Waals surface area contributed by atoms with Gasteiger partial charge < -0.3 is 14.6 Å². The van der Waals surface area contributed by atoms with Crippen LogP contribution in [-0.2, 0) is 9.47 Å². The SMILES string of the molecule is CCCCCC/C=C\CCCCCCCCC1(CCCCCCCC/C=C\CCCCCC)OCC(CCCO)O1. The molecule has 1 unspecified atom stereocenters. The molecule has 1 saturated heterocycles. The van der Waals surface area contributed by atoms with Crippen molar-refractivity contribution in [2.24, 2.45) is 0 Å². The van der Waals surface area contributed by atoms with Gasteiger partial charge in [0.05, 0.1) is 12.7 Å². The number of aliphatic hydroxyl groups is 1. The summed E-state index contributed by atoms with van der Waals surface area (Å²) in [6.07, 6.45) is 45.3. The second kappa shape index (κ2) is 29.4. The van der Waals surface area contributed by atoms with Crippen LogP contribution >= 0.6 is 0 Å². The van der Waals surface area contributed by atoms with Crippen molar-refractivity contribution >= 4 is 0 Å². The molecule has 0 saturated carbocycles. The molecule has 0 aromatic rings. The predicted molar refractivity (Wildman–Crippen MR) is 180 cm³/mol. The fraction of sp³-hybridized carbons (Fsp3) is 0.895. The number of allylic oxidation sites excluding steroid dienone is 4. The second-order valence-corrected chi connectivity index (χ2v) is 12.8. The van der Waals surface area contributed by atoms with Gasteiger partial charge in [-0.05, 0) is 77.0 Å². The van der Waals surface area contributed by atoms with Crippen LogP contribution in [0.25, 0.3) is 0 Å². The van der Waals surface area contributed by atoms with E-state index in [1.54, 1.807) is 0 Å². The molecule has 0 aliphatic carbocycles. The largest absolute Gasteiger partial charge is 0.396 e. The average Bonchev–Trinajstić information content (AvgIpc) is 3.39. The maximum absolute atomic E-state index is 9.24. The lowest BCUT2D eigenvalue weighted by Crippen LogP contribution is -2.31. The standard InChI is InChI=1S/C38H72O3/c1-3-5-7-9-11-13-15-17-19-21-23-25-27-29-33-38(40-36-37(41-38)32-31-35-39)34-30-28-26-24-22-20-18-16-14-12-10-8-6-4-2/h13-16,37,39H,3-12,17-36H2,1-2H3/b15-13-,16-14-. The van der Waals surface area contributed by atoms with Crippen molar-refractivity contribution < 1.29 is 14.6 Å². The van der Waals surface area contributed by atoms with Crippen molar-refractivity contribution in [3.05, 3.63) is 24.3 Å². The third kappa shape index (κ3) is 23.5. The second-order valence-electron chi connectivity index (χ2n) is 12.8. The van der Waals surface area contributed by atoms with Crippen LogP contribution < -0.4 is 0 Å². The van der Waals surface area contributed by atoms with Crippen molar-refractivity contribution in [2.75, 3.05) is 13.2 Å². The van der Waals surface area contributed by atoms with Gasteiger partial charge in [-0.25, -0.2) is 0 Å². The molecule has 1 heterocycles. The van der Waals surface area contributed by atoms with E-state index in [0.29, 0.717) is 6.61 Å². The number of rotatable bonds is 31. The van der Waals surface area contributed by atoms with E-state index in [9.17, 15) is 5.11 Å². The molecular weight excluding hydrogens is 504 g/mol. The highest BCUT2D eigenvalue weighted by Gasteiger charge is 2.40. The molecule has 1 atom stereocenters. The maximum Gasteiger partial charge on any atom is 0.168 e. The summed E-state index contributed by atoms with van der Waals surface area (Å²) in [6.45, 7) is 5.51. The van der Waals surface area contributed by atoms with E-state index >= 15 is 0 Å². The van der Waals surface area contributed by atoms with E-state index in [0.717, 1.165) is 25.7 Å². The molecule has 0 spiro atoms. The molecular formula is C38H72O3. The third-order valence-electron chi connectivity index (χ3n) is 8.74. The van der Waals surface area contributed by atoms with Gasteiger partial charge in [0.1, 0.15) is 0 Å². The Morgan fingerprint density at radius 3 is 1.34 bits per heavy atom. The van der Waals surface area contributed by atoms with E-state index in [4.69, 9.17) is 9.47 Å². The molecule has 41 heavy (non-hydrogen) atoms. The monoisotopic (exact) mass is 577 g/mol. The highest BCUT2D eigenvalue weighted by Crippen LogP contribution is 2.36. The van der Waals surface area contributed by atoms with Crippen molar-refractivity contribution in [3.8, 4) is 0 Å². The van der Waals surface area contributed by atoms with Gasteiger partial charge in [-0.1, -0.05) is 128 Å². The summed E-state index contributed by atoms with van der Waals surface area (Å²) in [7, 11) is 0. The van der Waals surface area contributed by atoms with Crippen LogP contribution in [0.2, 0.25) is 0 Å².